The van der Waals surface area contributed by atoms with Gasteiger partial charge in [-0.2, -0.15) is 0 Å². The Morgan fingerprint density at radius 2 is 1.88 bits per heavy atom. The highest BCUT2D eigenvalue weighted by Crippen LogP contribution is 2.10. The fourth-order valence-corrected chi connectivity index (χ4v) is 2.45. The number of nitrogens with zero attached hydrogens (tertiary/aromatic N) is 3. The Bertz CT molecular complexity index is 962. The predicted octanol–water partition coefficient (Wildman–Crippen LogP) is 2.29. The van der Waals surface area contributed by atoms with Crippen molar-refractivity contribution in [1.82, 2.24) is 14.5 Å². The number of hydrogen-bond donors (Lipinski definition) is 0. The Morgan fingerprint density at radius 3 is 2.54 bits per heavy atom. The highest BCUT2D eigenvalue weighted by Gasteiger charge is 2.09. The van der Waals surface area contributed by atoms with Crippen LogP contribution in [0.4, 0.5) is 4.39 Å². The molecule has 1 heterocycles. The molecular formula is C18H16FN3O2. The molecule has 0 aliphatic heterocycles. The maximum atomic E-state index is 13.2. The van der Waals surface area contributed by atoms with Crippen molar-refractivity contribution in [3.8, 4) is 0 Å². The second kappa shape index (κ2) is 6.23. The van der Waals surface area contributed by atoms with Crippen LogP contribution in [0.5, 0.6) is 0 Å². The predicted molar refractivity (Wildman–Crippen MR) is 89.5 cm³/mol. The number of carbonyl (C=O) groups is 1. The first-order valence-corrected chi connectivity index (χ1v) is 7.41. The summed E-state index contributed by atoms with van der Waals surface area (Å²) in [4.78, 5) is 30.0. The van der Waals surface area contributed by atoms with Crippen molar-refractivity contribution in [1.29, 1.82) is 0 Å². The smallest absolute Gasteiger partial charge is 0.261 e. The zero-order valence-corrected chi connectivity index (χ0v) is 13.4. The van der Waals surface area contributed by atoms with Crippen LogP contribution >= 0.6 is 0 Å². The van der Waals surface area contributed by atoms with Crippen LogP contribution in [-0.2, 0) is 6.54 Å². The Morgan fingerprint density at radius 1 is 1.17 bits per heavy atom. The maximum absolute atomic E-state index is 13.2. The highest BCUT2D eigenvalue weighted by molar-refractivity contribution is 5.93. The van der Waals surface area contributed by atoms with Gasteiger partial charge in [0.25, 0.3) is 11.5 Å². The summed E-state index contributed by atoms with van der Waals surface area (Å²) in [6.45, 7) is 0.329. The molecule has 1 amide bonds. The molecule has 2 aromatic carbocycles. The van der Waals surface area contributed by atoms with Crippen molar-refractivity contribution in [2.45, 2.75) is 6.54 Å². The van der Waals surface area contributed by atoms with Crippen LogP contribution in [0.15, 0.2) is 53.6 Å². The van der Waals surface area contributed by atoms with E-state index in [1.807, 2.05) is 0 Å². The molecule has 0 aliphatic rings. The van der Waals surface area contributed by atoms with Crippen LogP contribution in [0.25, 0.3) is 10.9 Å². The van der Waals surface area contributed by atoms with Crippen LogP contribution in [0.2, 0.25) is 0 Å². The minimum absolute atomic E-state index is 0.0758. The molecule has 0 fully saturated rings. The van der Waals surface area contributed by atoms with Crippen LogP contribution in [-0.4, -0.2) is 34.5 Å². The summed E-state index contributed by atoms with van der Waals surface area (Å²) in [5, 5.41) is 0.373. The molecule has 6 heteroatoms. The van der Waals surface area contributed by atoms with Gasteiger partial charge in [0.2, 0.25) is 0 Å². The Hall–Kier alpha value is -3.02. The van der Waals surface area contributed by atoms with Gasteiger partial charge in [-0.25, -0.2) is 9.37 Å². The molecule has 0 unspecified atom stereocenters. The summed E-state index contributed by atoms with van der Waals surface area (Å²) < 4.78 is 14.7. The van der Waals surface area contributed by atoms with E-state index in [0.29, 0.717) is 23.0 Å². The Balaban J connectivity index is 1.90. The minimum Gasteiger partial charge on any atom is -0.345 e. The van der Waals surface area contributed by atoms with Crippen LogP contribution in [0, 0.1) is 5.82 Å². The lowest BCUT2D eigenvalue weighted by Gasteiger charge is -2.11. The van der Waals surface area contributed by atoms with Gasteiger partial charge >= 0.3 is 0 Å². The van der Waals surface area contributed by atoms with E-state index in [1.54, 1.807) is 38.4 Å². The zero-order valence-electron chi connectivity index (χ0n) is 13.4. The normalized spacial score (nSPS) is 10.8. The van der Waals surface area contributed by atoms with Gasteiger partial charge in [0.05, 0.1) is 23.8 Å². The monoisotopic (exact) mass is 325 g/mol. The lowest BCUT2D eigenvalue weighted by atomic mass is 10.1. The molecule has 0 spiro atoms. The third-order valence-corrected chi connectivity index (χ3v) is 3.75. The third-order valence-electron chi connectivity index (χ3n) is 3.75. The fourth-order valence-electron chi connectivity index (χ4n) is 2.45. The summed E-state index contributed by atoms with van der Waals surface area (Å²) in [5.74, 6) is -0.499. The number of rotatable bonds is 3. The molecule has 24 heavy (non-hydrogen) atoms. The van der Waals surface area contributed by atoms with Crippen molar-refractivity contribution >= 4 is 16.8 Å². The molecule has 0 N–H and O–H groups in total. The van der Waals surface area contributed by atoms with E-state index in [2.05, 4.69) is 4.98 Å². The second-order valence-electron chi connectivity index (χ2n) is 5.74. The van der Waals surface area contributed by atoms with Crippen molar-refractivity contribution in [3.63, 3.8) is 0 Å². The Labute approximate surface area is 138 Å². The van der Waals surface area contributed by atoms with E-state index in [9.17, 15) is 14.0 Å². The summed E-state index contributed by atoms with van der Waals surface area (Å²) in [7, 11) is 3.39. The first-order valence-electron chi connectivity index (χ1n) is 7.41. The molecule has 0 aliphatic carbocycles. The lowest BCUT2D eigenvalue weighted by Crippen LogP contribution is -2.22. The topological polar surface area (TPSA) is 55.2 Å². The van der Waals surface area contributed by atoms with Crippen molar-refractivity contribution in [2.75, 3.05) is 14.1 Å². The van der Waals surface area contributed by atoms with Gasteiger partial charge in [-0.1, -0.05) is 12.1 Å². The number of carbonyl (C=O) groups excluding carboxylic acids is 1. The van der Waals surface area contributed by atoms with Gasteiger partial charge in [-0.3, -0.25) is 14.2 Å². The number of benzene rings is 2. The maximum Gasteiger partial charge on any atom is 0.261 e. The van der Waals surface area contributed by atoms with E-state index in [1.165, 1.54) is 34.0 Å². The average Bonchev–Trinajstić information content (AvgIpc) is 2.57. The molecule has 3 rings (SSSR count). The fraction of sp³-hybridized carbons (Fsp3) is 0.167. The SMILES string of the molecule is CN(C)C(=O)c1ccc(Cn2cnc3cc(F)ccc3c2=O)cc1. The summed E-state index contributed by atoms with van der Waals surface area (Å²) >= 11 is 0. The van der Waals surface area contributed by atoms with E-state index in [4.69, 9.17) is 0 Å². The summed E-state index contributed by atoms with van der Waals surface area (Å²) in [5.41, 5.74) is 1.57. The van der Waals surface area contributed by atoms with E-state index >= 15 is 0 Å². The number of fused-ring (bicyclic) bond motifs is 1. The van der Waals surface area contributed by atoms with Crippen LogP contribution in [0.1, 0.15) is 15.9 Å². The summed E-state index contributed by atoms with van der Waals surface area (Å²) in [6, 6.07) is 11.0. The lowest BCUT2D eigenvalue weighted by molar-refractivity contribution is 0.0827. The number of hydrogen-bond acceptors (Lipinski definition) is 3. The first-order chi connectivity index (χ1) is 11.5. The quantitative estimate of drug-likeness (QED) is 0.742. The highest BCUT2D eigenvalue weighted by atomic mass is 19.1. The standard InChI is InChI=1S/C18H16FN3O2/c1-21(2)17(23)13-5-3-12(4-6-13)10-22-11-20-16-9-14(19)7-8-15(16)18(22)24/h3-9,11H,10H2,1-2H3. The largest absolute Gasteiger partial charge is 0.345 e. The van der Waals surface area contributed by atoms with Gasteiger partial charge in [0, 0.05) is 25.7 Å². The van der Waals surface area contributed by atoms with E-state index in [-0.39, 0.29) is 11.5 Å². The number of amides is 1. The molecule has 0 saturated carbocycles. The molecular weight excluding hydrogens is 309 g/mol. The molecule has 3 aromatic rings. The molecule has 122 valence electrons. The average molecular weight is 325 g/mol. The van der Waals surface area contributed by atoms with Crippen LogP contribution in [0.3, 0.4) is 0 Å². The van der Waals surface area contributed by atoms with Gasteiger partial charge in [-0.15, -0.1) is 0 Å². The number of halogens is 1. The molecule has 1 aromatic heterocycles. The van der Waals surface area contributed by atoms with Crippen molar-refractivity contribution in [2.24, 2.45) is 0 Å². The molecule has 0 saturated heterocycles. The Kier molecular flexibility index (Phi) is 4.12. The first kappa shape index (κ1) is 15.9. The molecule has 0 radical (unpaired) electrons. The molecule has 0 atom stereocenters. The van der Waals surface area contributed by atoms with Gasteiger partial charge in [0.1, 0.15) is 5.82 Å². The van der Waals surface area contributed by atoms with Gasteiger partial charge in [0.15, 0.2) is 0 Å². The minimum atomic E-state index is -0.423. The van der Waals surface area contributed by atoms with Crippen LogP contribution < -0.4 is 5.56 Å². The second-order valence-corrected chi connectivity index (χ2v) is 5.74. The van der Waals surface area contributed by atoms with Gasteiger partial charge < -0.3 is 4.90 Å². The summed E-state index contributed by atoms with van der Waals surface area (Å²) in [6.07, 6.45) is 1.41. The van der Waals surface area contributed by atoms with Crippen molar-refractivity contribution in [3.05, 3.63) is 76.1 Å². The van der Waals surface area contributed by atoms with E-state index in [0.717, 1.165) is 5.56 Å². The van der Waals surface area contributed by atoms with Crippen molar-refractivity contribution < 1.29 is 9.18 Å². The third kappa shape index (κ3) is 3.03. The molecule has 0 bridgehead atoms. The van der Waals surface area contributed by atoms with Gasteiger partial charge in [-0.05, 0) is 29.8 Å². The zero-order chi connectivity index (χ0) is 17.3. The molecule has 5 nitrogen and oxygen atoms in total. The van der Waals surface area contributed by atoms with E-state index < -0.39 is 5.82 Å². The number of aromatic nitrogens is 2.